The Morgan fingerprint density at radius 3 is 2.00 bits per heavy atom. The quantitative estimate of drug-likeness (QED) is 0.631. The fourth-order valence-corrected chi connectivity index (χ4v) is 2.16. The number of hydrogen-bond acceptors (Lipinski definition) is 0. The van der Waals surface area contributed by atoms with Crippen LogP contribution in [-0.2, 0) is 0 Å². The highest BCUT2D eigenvalue weighted by atomic mass is 35.5. The van der Waals surface area contributed by atoms with E-state index in [1.807, 2.05) is 31.2 Å². The van der Waals surface area contributed by atoms with Gasteiger partial charge in [-0.3, -0.25) is 0 Å². The van der Waals surface area contributed by atoms with Gasteiger partial charge in [-0.1, -0.05) is 46.4 Å². The summed E-state index contributed by atoms with van der Waals surface area (Å²) in [7, 11) is 0. The van der Waals surface area contributed by atoms with Gasteiger partial charge < -0.3 is 0 Å². The molecule has 3 heteroatoms. The van der Waals surface area contributed by atoms with E-state index in [0.29, 0.717) is 15.1 Å². The first-order valence-electron chi connectivity index (χ1n) is 4.79. The molecule has 2 aromatic rings. The van der Waals surface area contributed by atoms with Crippen LogP contribution in [0.2, 0.25) is 15.1 Å². The van der Waals surface area contributed by atoms with E-state index in [2.05, 4.69) is 0 Å². The molecule has 0 aliphatic rings. The van der Waals surface area contributed by atoms with Gasteiger partial charge in [0.25, 0.3) is 0 Å². The molecule has 0 aliphatic heterocycles. The molecule has 0 heterocycles. The molecule has 0 amide bonds. The lowest BCUT2D eigenvalue weighted by Gasteiger charge is -2.08. The maximum Gasteiger partial charge on any atom is 0.0485 e. The summed E-state index contributed by atoms with van der Waals surface area (Å²) in [6, 6.07) is 11.2. The van der Waals surface area contributed by atoms with Crippen molar-refractivity contribution in [2.24, 2.45) is 0 Å². The summed E-state index contributed by atoms with van der Waals surface area (Å²) in [4.78, 5) is 0. The Hall–Kier alpha value is -0.690. The van der Waals surface area contributed by atoms with Crippen LogP contribution in [0.5, 0.6) is 0 Å². The number of hydrogen-bond donors (Lipinski definition) is 0. The molecule has 0 fully saturated rings. The van der Waals surface area contributed by atoms with Crippen molar-refractivity contribution in [1.29, 1.82) is 0 Å². The summed E-state index contributed by atoms with van der Waals surface area (Å²) < 4.78 is 0. The average Bonchev–Trinajstić information content (AvgIpc) is 2.25. The van der Waals surface area contributed by atoms with Gasteiger partial charge in [-0.15, -0.1) is 0 Å². The van der Waals surface area contributed by atoms with Crippen molar-refractivity contribution >= 4 is 34.8 Å². The molecule has 16 heavy (non-hydrogen) atoms. The van der Waals surface area contributed by atoms with Gasteiger partial charge in [0.2, 0.25) is 0 Å². The van der Waals surface area contributed by atoms with E-state index in [9.17, 15) is 0 Å². The smallest absolute Gasteiger partial charge is 0.0485 e. The highest BCUT2D eigenvalue weighted by Crippen LogP contribution is 2.35. The minimum absolute atomic E-state index is 0.650. The van der Waals surface area contributed by atoms with Crippen LogP contribution in [0.15, 0.2) is 36.4 Å². The van der Waals surface area contributed by atoms with Crippen LogP contribution < -0.4 is 0 Å². The van der Waals surface area contributed by atoms with Crippen molar-refractivity contribution in [2.75, 3.05) is 0 Å². The summed E-state index contributed by atoms with van der Waals surface area (Å²) in [6.45, 7) is 2.01. The van der Waals surface area contributed by atoms with Crippen molar-refractivity contribution < 1.29 is 0 Å². The van der Waals surface area contributed by atoms with E-state index < -0.39 is 0 Å². The number of halogens is 3. The first kappa shape index (κ1) is 11.8. The number of aryl methyl sites for hydroxylation is 1. The molecule has 0 spiro atoms. The SMILES string of the molecule is Cc1ccc(Cl)c(-c2cc(Cl)ccc2Cl)c1. The fourth-order valence-electron chi connectivity index (χ4n) is 1.55. The van der Waals surface area contributed by atoms with Gasteiger partial charge in [-0.05, 0) is 37.3 Å². The Morgan fingerprint density at radius 1 is 0.750 bits per heavy atom. The van der Waals surface area contributed by atoms with Gasteiger partial charge in [0, 0.05) is 26.2 Å². The Balaban J connectivity index is 2.66. The average molecular weight is 272 g/mol. The predicted octanol–water partition coefficient (Wildman–Crippen LogP) is 5.62. The van der Waals surface area contributed by atoms with Crippen LogP contribution in [0.4, 0.5) is 0 Å². The van der Waals surface area contributed by atoms with Crippen molar-refractivity contribution in [3.8, 4) is 11.1 Å². The van der Waals surface area contributed by atoms with Crippen molar-refractivity contribution in [1.82, 2.24) is 0 Å². The lowest BCUT2D eigenvalue weighted by molar-refractivity contribution is 1.47. The van der Waals surface area contributed by atoms with Gasteiger partial charge in [0.1, 0.15) is 0 Å². The molecule has 0 unspecified atom stereocenters. The van der Waals surface area contributed by atoms with Gasteiger partial charge in [0.15, 0.2) is 0 Å². The van der Waals surface area contributed by atoms with E-state index >= 15 is 0 Å². The number of benzene rings is 2. The first-order valence-corrected chi connectivity index (χ1v) is 5.93. The molecule has 0 radical (unpaired) electrons. The standard InChI is InChI=1S/C13H9Cl3/c1-8-2-4-12(15)10(6-8)11-7-9(14)3-5-13(11)16/h2-7H,1H3. The topological polar surface area (TPSA) is 0 Å². The normalized spacial score (nSPS) is 10.5. The molecule has 0 bridgehead atoms. The van der Waals surface area contributed by atoms with Crippen molar-refractivity contribution in [2.45, 2.75) is 6.92 Å². The Bertz CT molecular complexity index is 483. The molecule has 0 nitrogen and oxygen atoms in total. The fraction of sp³-hybridized carbons (Fsp3) is 0.0769. The Morgan fingerprint density at radius 2 is 1.31 bits per heavy atom. The molecule has 82 valence electrons. The van der Waals surface area contributed by atoms with Crippen LogP contribution in [-0.4, -0.2) is 0 Å². The van der Waals surface area contributed by atoms with E-state index in [0.717, 1.165) is 16.7 Å². The summed E-state index contributed by atoms with van der Waals surface area (Å²) >= 11 is 18.2. The van der Waals surface area contributed by atoms with Gasteiger partial charge >= 0.3 is 0 Å². The zero-order valence-electron chi connectivity index (χ0n) is 8.60. The zero-order chi connectivity index (χ0) is 11.7. The molecule has 2 rings (SSSR count). The highest BCUT2D eigenvalue weighted by Gasteiger charge is 2.08. The van der Waals surface area contributed by atoms with E-state index in [-0.39, 0.29) is 0 Å². The van der Waals surface area contributed by atoms with Crippen molar-refractivity contribution in [3.63, 3.8) is 0 Å². The minimum atomic E-state index is 0.650. The second-order valence-corrected chi connectivity index (χ2v) is 4.86. The third-order valence-electron chi connectivity index (χ3n) is 2.34. The lowest BCUT2D eigenvalue weighted by Crippen LogP contribution is -1.83. The van der Waals surface area contributed by atoms with Gasteiger partial charge in [0.05, 0.1) is 0 Å². The van der Waals surface area contributed by atoms with Crippen LogP contribution in [0.1, 0.15) is 5.56 Å². The van der Waals surface area contributed by atoms with E-state index in [4.69, 9.17) is 34.8 Å². The minimum Gasteiger partial charge on any atom is -0.0843 e. The molecule has 0 aromatic heterocycles. The van der Waals surface area contributed by atoms with Crippen molar-refractivity contribution in [3.05, 3.63) is 57.0 Å². The number of rotatable bonds is 1. The largest absolute Gasteiger partial charge is 0.0843 e. The van der Waals surface area contributed by atoms with E-state index in [1.165, 1.54) is 0 Å². The van der Waals surface area contributed by atoms with Gasteiger partial charge in [-0.2, -0.15) is 0 Å². The third-order valence-corrected chi connectivity index (χ3v) is 3.23. The molecule has 0 saturated heterocycles. The summed E-state index contributed by atoms with van der Waals surface area (Å²) in [6.07, 6.45) is 0. The highest BCUT2D eigenvalue weighted by molar-refractivity contribution is 6.37. The predicted molar refractivity (Wildman–Crippen MR) is 71.6 cm³/mol. The molecule has 0 atom stereocenters. The van der Waals surface area contributed by atoms with Crippen LogP contribution in [0, 0.1) is 6.92 Å². The zero-order valence-corrected chi connectivity index (χ0v) is 10.9. The van der Waals surface area contributed by atoms with Crippen LogP contribution in [0.25, 0.3) is 11.1 Å². The molecule has 0 aliphatic carbocycles. The monoisotopic (exact) mass is 270 g/mol. The molecule has 0 saturated carbocycles. The maximum atomic E-state index is 6.15. The Labute approximate surface area is 110 Å². The first-order chi connectivity index (χ1) is 7.58. The van der Waals surface area contributed by atoms with E-state index in [1.54, 1.807) is 12.1 Å². The maximum absolute atomic E-state index is 6.15. The molecular formula is C13H9Cl3. The van der Waals surface area contributed by atoms with Crippen LogP contribution >= 0.6 is 34.8 Å². The molecular weight excluding hydrogens is 263 g/mol. The summed E-state index contributed by atoms with van der Waals surface area (Å²) in [5.74, 6) is 0. The summed E-state index contributed by atoms with van der Waals surface area (Å²) in [5, 5.41) is 1.98. The van der Waals surface area contributed by atoms with Crippen LogP contribution in [0.3, 0.4) is 0 Å². The third kappa shape index (κ3) is 2.35. The molecule has 2 aromatic carbocycles. The Kier molecular flexibility index (Phi) is 3.44. The summed E-state index contributed by atoms with van der Waals surface area (Å²) in [5.41, 5.74) is 2.91. The molecule has 0 N–H and O–H groups in total. The second kappa shape index (κ2) is 4.67. The van der Waals surface area contributed by atoms with Gasteiger partial charge in [-0.25, -0.2) is 0 Å². The lowest BCUT2D eigenvalue weighted by atomic mass is 10.0. The second-order valence-electron chi connectivity index (χ2n) is 3.61.